The fourth-order valence-electron chi connectivity index (χ4n) is 7.55. The summed E-state index contributed by atoms with van der Waals surface area (Å²) in [5.41, 5.74) is 15.7. The zero-order valence-corrected chi connectivity index (χ0v) is 30.5. The summed E-state index contributed by atoms with van der Waals surface area (Å²) >= 11 is 0. The molecule has 8 aromatic carbocycles. The molecule has 2 heterocycles. The van der Waals surface area contributed by atoms with Crippen LogP contribution in [0.5, 0.6) is 0 Å². The summed E-state index contributed by atoms with van der Waals surface area (Å²) in [7, 11) is 0. The Morgan fingerprint density at radius 2 is 0.661 bits per heavy atom. The highest BCUT2D eigenvalue weighted by atomic mass is 14.9. The van der Waals surface area contributed by atoms with Gasteiger partial charge in [0, 0.05) is 27.5 Å². The molecular weight excluding hydrogens is 679 g/mol. The highest BCUT2D eigenvalue weighted by Crippen LogP contribution is 2.37. The van der Waals surface area contributed by atoms with Gasteiger partial charge in [0.15, 0.2) is 5.82 Å². The minimum absolute atomic E-state index is 0.653. The second-order valence-electron chi connectivity index (χ2n) is 14.0. The van der Waals surface area contributed by atoms with E-state index in [0.717, 1.165) is 72.1 Å². The molecule has 0 bridgehead atoms. The van der Waals surface area contributed by atoms with Crippen LogP contribution in [-0.2, 0) is 0 Å². The van der Waals surface area contributed by atoms with E-state index in [9.17, 15) is 0 Å². The third-order valence-electron chi connectivity index (χ3n) is 10.5. The first-order chi connectivity index (χ1) is 27.7. The molecular formula is C53H35N3. The highest BCUT2D eigenvalue weighted by Gasteiger charge is 2.17. The van der Waals surface area contributed by atoms with Crippen molar-refractivity contribution in [2.45, 2.75) is 0 Å². The van der Waals surface area contributed by atoms with Crippen molar-refractivity contribution in [2.75, 3.05) is 0 Å². The summed E-state index contributed by atoms with van der Waals surface area (Å²) in [4.78, 5) is 16.0. The van der Waals surface area contributed by atoms with Crippen molar-refractivity contribution in [3.63, 3.8) is 0 Å². The number of hydrogen-bond donors (Lipinski definition) is 0. The molecule has 262 valence electrons. The topological polar surface area (TPSA) is 38.7 Å². The number of benzene rings is 8. The van der Waals surface area contributed by atoms with Gasteiger partial charge in [-0.25, -0.2) is 15.0 Å². The van der Waals surface area contributed by atoms with Crippen molar-refractivity contribution in [1.82, 2.24) is 15.0 Å². The second-order valence-corrected chi connectivity index (χ2v) is 14.0. The number of pyridine rings is 1. The molecule has 0 amide bonds. The highest BCUT2D eigenvalue weighted by molar-refractivity contribution is 6.08. The summed E-state index contributed by atoms with van der Waals surface area (Å²) < 4.78 is 0. The molecule has 0 fully saturated rings. The first kappa shape index (κ1) is 33.1. The van der Waals surface area contributed by atoms with Crippen LogP contribution in [-0.4, -0.2) is 15.0 Å². The Labute approximate surface area is 326 Å². The third kappa shape index (κ3) is 6.42. The molecule has 3 nitrogen and oxygen atoms in total. The Morgan fingerprint density at radius 3 is 1.18 bits per heavy atom. The van der Waals surface area contributed by atoms with Crippen LogP contribution >= 0.6 is 0 Å². The average Bonchev–Trinajstić information content (AvgIpc) is 3.29. The van der Waals surface area contributed by atoms with Gasteiger partial charge in [-0.2, -0.15) is 0 Å². The van der Waals surface area contributed by atoms with Crippen LogP contribution in [0.2, 0.25) is 0 Å². The normalized spacial score (nSPS) is 11.2. The minimum Gasteiger partial charge on any atom is -0.245 e. The van der Waals surface area contributed by atoms with Gasteiger partial charge < -0.3 is 0 Å². The summed E-state index contributed by atoms with van der Waals surface area (Å²) in [5.74, 6) is 0.653. The summed E-state index contributed by atoms with van der Waals surface area (Å²) in [6, 6.07) is 74.6. The largest absolute Gasteiger partial charge is 0.245 e. The standard InChI is InChI=1S/C53H35N3/c1-5-13-36(14-6-1)38-21-25-40(26-22-38)45-33-46(41-27-23-39(24-28-41)37-15-7-2-8-16-37)35-47(34-45)53-55-50(43-19-11-4-12-20-43)48-31-29-44-30-32-49(42-17-9-3-10-18-42)54-51(44)52(48)56-53/h1-35H. The van der Waals surface area contributed by atoms with Crippen LogP contribution in [0.3, 0.4) is 0 Å². The molecule has 10 rings (SSSR count). The van der Waals surface area contributed by atoms with Gasteiger partial charge in [0.1, 0.15) is 5.52 Å². The van der Waals surface area contributed by atoms with Crippen molar-refractivity contribution in [1.29, 1.82) is 0 Å². The van der Waals surface area contributed by atoms with E-state index in [1.165, 1.54) is 22.3 Å². The summed E-state index contributed by atoms with van der Waals surface area (Å²) in [5, 5.41) is 2.00. The Kier molecular flexibility index (Phi) is 8.51. The molecule has 0 saturated heterocycles. The maximum Gasteiger partial charge on any atom is 0.160 e. The zero-order chi connectivity index (χ0) is 37.3. The molecule has 0 aliphatic heterocycles. The quantitative estimate of drug-likeness (QED) is 0.154. The van der Waals surface area contributed by atoms with Gasteiger partial charge in [0.2, 0.25) is 0 Å². The SMILES string of the molecule is c1ccc(-c2ccc(-c3cc(-c4ccc(-c5ccccc5)cc4)cc(-c4nc(-c5ccccc5)c5ccc6ccc(-c7ccccc7)nc6c5n4)c3)cc2)cc1. The van der Waals surface area contributed by atoms with E-state index in [-0.39, 0.29) is 0 Å². The van der Waals surface area contributed by atoms with Crippen molar-refractivity contribution >= 4 is 21.8 Å². The molecule has 0 aliphatic carbocycles. The van der Waals surface area contributed by atoms with E-state index >= 15 is 0 Å². The fourth-order valence-corrected chi connectivity index (χ4v) is 7.55. The molecule has 10 aromatic rings. The van der Waals surface area contributed by atoms with Crippen molar-refractivity contribution in [3.05, 3.63) is 212 Å². The molecule has 0 atom stereocenters. The van der Waals surface area contributed by atoms with E-state index in [1.807, 2.05) is 24.3 Å². The van der Waals surface area contributed by atoms with Crippen LogP contribution in [0.25, 0.3) is 100 Å². The maximum atomic E-state index is 5.40. The summed E-state index contributed by atoms with van der Waals surface area (Å²) in [6.07, 6.45) is 0. The molecule has 0 unspecified atom stereocenters. The first-order valence-corrected chi connectivity index (χ1v) is 18.9. The first-order valence-electron chi connectivity index (χ1n) is 18.9. The molecule has 2 aromatic heterocycles. The Balaban J connectivity index is 1.18. The Morgan fingerprint density at radius 1 is 0.250 bits per heavy atom. The van der Waals surface area contributed by atoms with Crippen LogP contribution in [0.1, 0.15) is 0 Å². The minimum atomic E-state index is 0.653. The van der Waals surface area contributed by atoms with Crippen molar-refractivity contribution < 1.29 is 0 Å². The van der Waals surface area contributed by atoms with Gasteiger partial charge in [-0.3, -0.25) is 0 Å². The summed E-state index contributed by atoms with van der Waals surface area (Å²) in [6.45, 7) is 0. The average molecular weight is 714 g/mol. The number of fused-ring (bicyclic) bond motifs is 3. The lowest BCUT2D eigenvalue weighted by molar-refractivity contribution is 1.23. The van der Waals surface area contributed by atoms with Gasteiger partial charge in [-0.1, -0.05) is 182 Å². The molecule has 3 heteroatoms. The van der Waals surface area contributed by atoms with Crippen LogP contribution in [0.15, 0.2) is 212 Å². The molecule has 0 radical (unpaired) electrons. The van der Waals surface area contributed by atoms with Crippen LogP contribution in [0.4, 0.5) is 0 Å². The third-order valence-corrected chi connectivity index (χ3v) is 10.5. The Hall–Kier alpha value is -7.49. The zero-order valence-electron chi connectivity index (χ0n) is 30.5. The van der Waals surface area contributed by atoms with E-state index in [4.69, 9.17) is 15.0 Å². The molecule has 0 N–H and O–H groups in total. The predicted molar refractivity (Wildman–Crippen MR) is 233 cm³/mol. The van der Waals surface area contributed by atoms with E-state index < -0.39 is 0 Å². The van der Waals surface area contributed by atoms with Gasteiger partial charge in [-0.15, -0.1) is 0 Å². The number of aromatic nitrogens is 3. The van der Waals surface area contributed by atoms with E-state index in [0.29, 0.717) is 5.82 Å². The maximum absolute atomic E-state index is 5.40. The lowest BCUT2D eigenvalue weighted by atomic mass is 9.93. The molecule has 0 spiro atoms. The van der Waals surface area contributed by atoms with E-state index in [2.05, 4.69) is 188 Å². The fraction of sp³-hybridized carbons (Fsp3) is 0. The van der Waals surface area contributed by atoms with E-state index in [1.54, 1.807) is 0 Å². The predicted octanol–water partition coefficient (Wildman–Crippen LogP) is 13.8. The molecule has 0 aliphatic rings. The van der Waals surface area contributed by atoms with Gasteiger partial charge in [0.05, 0.1) is 16.9 Å². The van der Waals surface area contributed by atoms with Gasteiger partial charge in [0.25, 0.3) is 0 Å². The molecule has 56 heavy (non-hydrogen) atoms. The van der Waals surface area contributed by atoms with Crippen LogP contribution < -0.4 is 0 Å². The second kappa shape index (κ2) is 14.4. The monoisotopic (exact) mass is 713 g/mol. The number of nitrogens with zero attached hydrogens (tertiary/aromatic N) is 3. The van der Waals surface area contributed by atoms with Gasteiger partial charge in [-0.05, 0) is 74.8 Å². The van der Waals surface area contributed by atoms with Crippen molar-refractivity contribution in [3.8, 4) is 78.4 Å². The van der Waals surface area contributed by atoms with Gasteiger partial charge >= 0.3 is 0 Å². The lowest BCUT2D eigenvalue weighted by Crippen LogP contribution is -1.98. The van der Waals surface area contributed by atoms with Crippen molar-refractivity contribution in [2.24, 2.45) is 0 Å². The number of hydrogen-bond acceptors (Lipinski definition) is 3. The Bertz CT molecular complexity index is 2860. The smallest absolute Gasteiger partial charge is 0.160 e. The number of rotatable bonds is 7. The molecule has 0 saturated carbocycles. The van der Waals surface area contributed by atoms with Crippen LogP contribution in [0, 0.1) is 0 Å². The lowest BCUT2D eigenvalue weighted by Gasteiger charge is -2.14.